The standard InChI is InChI=1S/C16H22N2O2/c17-10-16(7-3-4-8-16)11-18-15(19)13-9-20-14-6-2-1-5-12(13)14/h1-2,5-6,13H,3-4,7-11,17H2,(H,18,19). The van der Waals surface area contributed by atoms with Crippen LogP contribution < -0.4 is 15.8 Å². The van der Waals surface area contributed by atoms with Crippen LogP contribution in [0.15, 0.2) is 24.3 Å². The van der Waals surface area contributed by atoms with E-state index in [1.165, 1.54) is 12.8 Å². The molecular formula is C16H22N2O2. The van der Waals surface area contributed by atoms with Gasteiger partial charge in [0.25, 0.3) is 0 Å². The molecule has 4 heteroatoms. The molecule has 2 aliphatic rings. The lowest BCUT2D eigenvalue weighted by Crippen LogP contribution is -2.42. The van der Waals surface area contributed by atoms with Crippen molar-refractivity contribution in [3.8, 4) is 5.75 Å². The summed E-state index contributed by atoms with van der Waals surface area (Å²) in [5.74, 6) is 0.721. The zero-order valence-corrected chi connectivity index (χ0v) is 11.7. The lowest BCUT2D eigenvalue weighted by atomic mass is 9.86. The Labute approximate surface area is 119 Å². The SMILES string of the molecule is NCC1(CNC(=O)C2COc3ccccc32)CCCC1. The molecule has 0 saturated heterocycles. The van der Waals surface area contributed by atoms with E-state index in [1.54, 1.807) is 0 Å². The number of nitrogens with one attached hydrogen (secondary N) is 1. The highest BCUT2D eigenvalue weighted by Gasteiger charge is 2.35. The minimum Gasteiger partial charge on any atom is -0.492 e. The number of ether oxygens (including phenoxy) is 1. The van der Waals surface area contributed by atoms with Crippen LogP contribution in [0.2, 0.25) is 0 Å². The molecule has 1 atom stereocenters. The second-order valence-corrected chi connectivity index (χ2v) is 6.03. The summed E-state index contributed by atoms with van der Waals surface area (Å²) in [7, 11) is 0. The van der Waals surface area contributed by atoms with Crippen LogP contribution in [-0.4, -0.2) is 25.6 Å². The summed E-state index contributed by atoms with van der Waals surface area (Å²) in [5.41, 5.74) is 7.03. The van der Waals surface area contributed by atoms with Crippen LogP contribution in [0.5, 0.6) is 5.75 Å². The number of amides is 1. The van der Waals surface area contributed by atoms with Crippen molar-refractivity contribution in [2.45, 2.75) is 31.6 Å². The number of hydrogen-bond acceptors (Lipinski definition) is 3. The second-order valence-electron chi connectivity index (χ2n) is 6.03. The predicted octanol–water partition coefficient (Wildman–Crippen LogP) is 1.80. The van der Waals surface area contributed by atoms with Gasteiger partial charge in [-0.25, -0.2) is 0 Å². The maximum atomic E-state index is 12.4. The smallest absolute Gasteiger partial charge is 0.231 e. The highest BCUT2D eigenvalue weighted by Crippen LogP contribution is 2.37. The minimum atomic E-state index is -0.178. The molecule has 1 amide bonds. The molecule has 0 spiro atoms. The molecule has 1 aliphatic carbocycles. The van der Waals surface area contributed by atoms with Gasteiger partial charge in [-0.2, -0.15) is 0 Å². The van der Waals surface area contributed by atoms with Gasteiger partial charge >= 0.3 is 0 Å². The van der Waals surface area contributed by atoms with E-state index in [0.29, 0.717) is 19.7 Å². The lowest BCUT2D eigenvalue weighted by Gasteiger charge is -2.27. The molecule has 3 N–H and O–H groups in total. The number of benzene rings is 1. The minimum absolute atomic E-state index is 0.0645. The number of nitrogens with two attached hydrogens (primary N) is 1. The maximum Gasteiger partial charge on any atom is 0.231 e. The summed E-state index contributed by atoms with van der Waals surface area (Å²) >= 11 is 0. The Morgan fingerprint density at radius 2 is 2.10 bits per heavy atom. The molecule has 1 aromatic carbocycles. The van der Waals surface area contributed by atoms with E-state index >= 15 is 0 Å². The van der Waals surface area contributed by atoms with Gasteiger partial charge in [-0.1, -0.05) is 31.0 Å². The molecule has 3 rings (SSSR count). The Balaban J connectivity index is 1.63. The predicted molar refractivity (Wildman–Crippen MR) is 77.6 cm³/mol. The van der Waals surface area contributed by atoms with Crippen molar-refractivity contribution in [2.75, 3.05) is 19.7 Å². The van der Waals surface area contributed by atoms with Gasteiger partial charge in [0.1, 0.15) is 18.3 Å². The van der Waals surface area contributed by atoms with E-state index in [2.05, 4.69) is 5.32 Å². The summed E-state index contributed by atoms with van der Waals surface area (Å²) < 4.78 is 5.57. The normalized spacial score (nSPS) is 23.1. The quantitative estimate of drug-likeness (QED) is 0.880. The van der Waals surface area contributed by atoms with Crippen molar-refractivity contribution in [1.29, 1.82) is 0 Å². The first-order valence-corrected chi connectivity index (χ1v) is 7.44. The first-order chi connectivity index (χ1) is 9.74. The molecule has 1 aromatic rings. The van der Waals surface area contributed by atoms with Crippen molar-refractivity contribution in [3.05, 3.63) is 29.8 Å². The van der Waals surface area contributed by atoms with Crippen LogP contribution in [0, 0.1) is 5.41 Å². The number of para-hydroxylation sites is 1. The third-order valence-corrected chi connectivity index (χ3v) is 4.75. The van der Waals surface area contributed by atoms with Crippen molar-refractivity contribution in [3.63, 3.8) is 0 Å². The fraction of sp³-hybridized carbons (Fsp3) is 0.562. The van der Waals surface area contributed by atoms with Gasteiger partial charge in [-0.15, -0.1) is 0 Å². The van der Waals surface area contributed by atoms with Gasteiger partial charge in [-0.3, -0.25) is 4.79 Å². The molecule has 108 valence electrons. The monoisotopic (exact) mass is 274 g/mol. The van der Waals surface area contributed by atoms with Gasteiger partial charge in [0, 0.05) is 12.1 Å². The van der Waals surface area contributed by atoms with Gasteiger partial charge in [0.2, 0.25) is 5.91 Å². The molecule has 0 bridgehead atoms. The third-order valence-electron chi connectivity index (χ3n) is 4.75. The summed E-state index contributed by atoms with van der Waals surface area (Å²) in [6, 6.07) is 7.77. The highest BCUT2D eigenvalue weighted by molar-refractivity contribution is 5.85. The molecule has 20 heavy (non-hydrogen) atoms. The lowest BCUT2D eigenvalue weighted by molar-refractivity contribution is -0.123. The molecule has 1 saturated carbocycles. The summed E-state index contributed by atoms with van der Waals surface area (Å²) in [5, 5.41) is 3.10. The Bertz CT molecular complexity index is 495. The summed E-state index contributed by atoms with van der Waals surface area (Å²) in [6.07, 6.45) is 4.70. The molecule has 1 fully saturated rings. The van der Waals surface area contributed by atoms with Gasteiger partial charge in [-0.05, 0) is 30.9 Å². The Hall–Kier alpha value is -1.55. The number of hydrogen-bond donors (Lipinski definition) is 2. The van der Waals surface area contributed by atoms with Crippen LogP contribution in [-0.2, 0) is 4.79 Å². The van der Waals surface area contributed by atoms with Crippen LogP contribution in [0.1, 0.15) is 37.2 Å². The number of carbonyl (C=O) groups is 1. The highest BCUT2D eigenvalue weighted by atomic mass is 16.5. The number of carbonyl (C=O) groups excluding carboxylic acids is 1. The van der Waals surface area contributed by atoms with Gasteiger partial charge in [0.15, 0.2) is 0 Å². The van der Waals surface area contributed by atoms with Crippen molar-refractivity contribution in [2.24, 2.45) is 11.1 Å². The van der Waals surface area contributed by atoms with Crippen LogP contribution in [0.3, 0.4) is 0 Å². The summed E-state index contributed by atoms with van der Waals surface area (Å²) in [6.45, 7) is 1.80. The first-order valence-electron chi connectivity index (χ1n) is 7.44. The van der Waals surface area contributed by atoms with E-state index < -0.39 is 0 Å². The maximum absolute atomic E-state index is 12.4. The number of rotatable bonds is 4. The second kappa shape index (κ2) is 5.44. The van der Waals surface area contributed by atoms with Crippen LogP contribution >= 0.6 is 0 Å². The molecular weight excluding hydrogens is 252 g/mol. The van der Waals surface area contributed by atoms with Crippen molar-refractivity contribution in [1.82, 2.24) is 5.32 Å². The molecule has 4 nitrogen and oxygen atoms in total. The average molecular weight is 274 g/mol. The fourth-order valence-electron chi connectivity index (χ4n) is 3.36. The Morgan fingerprint density at radius 3 is 2.85 bits per heavy atom. The van der Waals surface area contributed by atoms with E-state index in [4.69, 9.17) is 10.5 Å². The van der Waals surface area contributed by atoms with E-state index in [1.807, 2.05) is 24.3 Å². The zero-order chi connectivity index (χ0) is 14.0. The number of fused-ring (bicyclic) bond motifs is 1. The van der Waals surface area contributed by atoms with Crippen LogP contribution in [0.25, 0.3) is 0 Å². The van der Waals surface area contributed by atoms with E-state index in [0.717, 1.165) is 24.2 Å². The molecule has 1 unspecified atom stereocenters. The Morgan fingerprint density at radius 1 is 1.35 bits per heavy atom. The third kappa shape index (κ3) is 2.40. The molecule has 1 aliphatic heterocycles. The molecule has 0 radical (unpaired) electrons. The first kappa shape index (κ1) is 13.4. The van der Waals surface area contributed by atoms with Crippen molar-refractivity contribution >= 4 is 5.91 Å². The van der Waals surface area contributed by atoms with Crippen LogP contribution in [0.4, 0.5) is 0 Å². The Kier molecular flexibility index (Phi) is 3.66. The van der Waals surface area contributed by atoms with E-state index in [-0.39, 0.29) is 17.2 Å². The van der Waals surface area contributed by atoms with Gasteiger partial charge in [0.05, 0.1) is 0 Å². The topological polar surface area (TPSA) is 64.3 Å². The molecule has 0 aromatic heterocycles. The molecule has 1 heterocycles. The fourth-order valence-corrected chi connectivity index (χ4v) is 3.36. The largest absolute Gasteiger partial charge is 0.492 e. The van der Waals surface area contributed by atoms with Crippen molar-refractivity contribution < 1.29 is 9.53 Å². The average Bonchev–Trinajstić information content (AvgIpc) is 3.12. The van der Waals surface area contributed by atoms with E-state index in [9.17, 15) is 4.79 Å². The summed E-state index contributed by atoms with van der Waals surface area (Å²) in [4.78, 5) is 12.4. The van der Waals surface area contributed by atoms with Gasteiger partial charge < -0.3 is 15.8 Å². The zero-order valence-electron chi connectivity index (χ0n) is 11.7.